The van der Waals surface area contributed by atoms with Crippen LogP contribution in [0.4, 0.5) is 0 Å². The number of rotatable bonds is 5. The number of hydrogen-bond donors (Lipinski definition) is 2. The fourth-order valence-electron chi connectivity index (χ4n) is 1.16. The van der Waals surface area contributed by atoms with Gasteiger partial charge in [-0.25, -0.2) is 5.84 Å². The van der Waals surface area contributed by atoms with Gasteiger partial charge in [0, 0.05) is 13.5 Å². The van der Waals surface area contributed by atoms with Crippen molar-refractivity contribution in [3.8, 4) is 5.75 Å². The summed E-state index contributed by atoms with van der Waals surface area (Å²) in [6.45, 7) is 1.90. The zero-order valence-corrected chi connectivity index (χ0v) is 8.93. The minimum absolute atomic E-state index is 0.0356. The summed E-state index contributed by atoms with van der Waals surface area (Å²) in [6, 6.07) is 0. The number of nitrogens with zero attached hydrogens (tertiary/aromatic N) is 2. The number of hydrogen-bond acceptors (Lipinski definition) is 4. The highest BCUT2D eigenvalue weighted by molar-refractivity contribution is 5.75. The minimum Gasteiger partial charge on any atom is -0.487 e. The van der Waals surface area contributed by atoms with E-state index in [1.54, 1.807) is 17.1 Å². The largest absolute Gasteiger partial charge is 0.487 e. The lowest BCUT2D eigenvalue weighted by Gasteiger charge is -2.11. The summed E-state index contributed by atoms with van der Waals surface area (Å²) < 4.78 is 7.19. The molecule has 0 spiro atoms. The maximum absolute atomic E-state index is 10.9. The van der Waals surface area contributed by atoms with Crippen molar-refractivity contribution >= 4 is 5.91 Å². The number of carbonyl (C=O) groups is 1. The number of carbonyl (C=O) groups excluding carboxylic acids is 1. The number of aryl methyl sites for hydroxylation is 1. The predicted octanol–water partition coefficient (Wildman–Crippen LogP) is -0.0425. The van der Waals surface area contributed by atoms with E-state index in [1.807, 2.05) is 14.0 Å². The third-order valence-corrected chi connectivity index (χ3v) is 1.96. The Kier molecular flexibility index (Phi) is 4.11. The molecule has 1 amide bonds. The monoisotopic (exact) mass is 212 g/mol. The molecule has 0 aliphatic carbocycles. The summed E-state index contributed by atoms with van der Waals surface area (Å²) in [6.07, 6.45) is 4.36. The average Bonchev–Trinajstić information content (AvgIpc) is 2.60. The molecule has 3 N–H and O–H groups in total. The van der Waals surface area contributed by atoms with Gasteiger partial charge in [-0.15, -0.1) is 0 Å². The Morgan fingerprint density at radius 2 is 2.53 bits per heavy atom. The lowest BCUT2D eigenvalue weighted by molar-refractivity contribution is -0.121. The number of aromatic nitrogens is 2. The Morgan fingerprint density at radius 1 is 1.80 bits per heavy atom. The van der Waals surface area contributed by atoms with Crippen molar-refractivity contribution < 1.29 is 9.53 Å². The van der Waals surface area contributed by atoms with Crippen molar-refractivity contribution in [1.29, 1.82) is 0 Å². The van der Waals surface area contributed by atoms with Crippen molar-refractivity contribution in [2.75, 3.05) is 0 Å². The van der Waals surface area contributed by atoms with Crippen LogP contribution in [0.3, 0.4) is 0 Å². The maximum atomic E-state index is 10.9. The highest BCUT2D eigenvalue weighted by Crippen LogP contribution is 2.12. The number of amides is 1. The molecule has 1 aromatic rings. The fraction of sp³-hybridized carbons (Fsp3) is 0.556. The molecule has 0 aliphatic rings. The van der Waals surface area contributed by atoms with Crippen LogP contribution in [-0.4, -0.2) is 21.8 Å². The molecule has 0 fully saturated rings. The predicted molar refractivity (Wildman–Crippen MR) is 54.9 cm³/mol. The summed E-state index contributed by atoms with van der Waals surface area (Å²) in [5, 5.41) is 3.97. The van der Waals surface area contributed by atoms with Crippen LogP contribution in [0.1, 0.15) is 19.8 Å². The molecule has 1 atom stereocenters. The normalized spacial score (nSPS) is 12.2. The van der Waals surface area contributed by atoms with Gasteiger partial charge in [0.15, 0.2) is 5.75 Å². The summed E-state index contributed by atoms with van der Waals surface area (Å²) in [4.78, 5) is 10.9. The van der Waals surface area contributed by atoms with Crippen molar-refractivity contribution in [3.05, 3.63) is 12.4 Å². The first-order valence-corrected chi connectivity index (χ1v) is 4.76. The van der Waals surface area contributed by atoms with Crippen LogP contribution < -0.4 is 16.0 Å². The van der Waals surface area contributed by atoms with Gasteiger partial charge in [0.25, 0.3) is 0 Å². The van der Waals surface area contributed by atoms with E-state index in [0.29, 0.717) is 18.6 Å². The second kappa shape index (κ2) is 5.35. The molecule has 6 nitrogen and oxygen atoms in total. The Bertz CT molecular complexity index is 324. The lowest BCUT2D eigenvalue weighted by atomic mass is 10.2. The Morgan fingerprint density at radius 3 is 3.07 bits per heavy atom. The van der Waals surface area contributed by atoms with Crippen LogP contribution >= 0.6 is 0 Å². The Labute approximate surface area is 88.4 Å². The summed E-state index contributed by atoms with van der Waals surface area (Å²) in [5.74, 6) is 5.48. The van der Waals surface area contributed by atoms with Crippen molar-refractivity contribution in [1.82, 2.24) is 15.2 Å². The minimum atomic E-state index is -0.184. The second-order valence-corrected chi connectivity index (χ2v) is 3.38. The molecule has 1 aromatic heterocycles. The van der Waals surface area contributed by atoms with Crippen molar-refractivity contribution in [3.63, 3.8) is 0 Å². The lowest BCUT2D eigenvalue weighted by Crippen LogP contribution is -2.30. The highest BCUT2D eigenvalue weighted by atomic mass is 16.5. The molecule has 0 radical (unpaired) electrons. The smallest absolute Gasteiger partial charge is 0.234 e. The number of ether oxygens (including phenoxy) is 1. The highest BCUT2D eigenvalue weighted by Gasteiger charge is 2.08. The maximum Gasteiger partial charge on any atom is 0.234 e. The van der Waals surface area contributed by atoms with Gasteiger partial charge < -0.3 is 4.74 Å². The quantitative estimate of drug-likeness (QED) is 0.407. The van der Waals surface area contributed by atoms with Crippen molar-refractivity contribution in [2.45, 2.75) is 25.9 Å². The van der Waals surface area contributed by atoms with E-state index in [1.165, 1.54) is 0 Å². The van der Waals surface area contributed by atoms with Crippen LogP contribution in [0, 0.1) is 0 Å². The molecular formula is C9H16N4O2. The summed E-state index contributed by atoms with van der Waals surface area (Å²) in [7, 11) is 1.82. The van der Waals surface area contributed by atoms with E-state index in [9.17, 15) is 4.79 Å². The molecule has 84 valence electrons. The van der Waals surface area contributed by atoms with Gasteiger partial charge in [-0.05, 0) is 13.3 Å². The Balaban J connectivity index is 2.30. The number of nitrogens with two attached hydrogens (primary N) is 1. The molecular weight excluding hydrogens is 196 g/mol. The van der Waals surface area contributed by atoms with Crippen molar-refractivity contribution in [2.24, 2.45) is 12.9 Å². The SMILES string of the molecule is CC(CCC(=O)NN)Oc1cnn(C)c1. The van der Waals surface area contributed by atoms with Gasteiger partial charge in [-0.2, -0.15) is 5.10 Å². The second-order valence-electron chi connectivity index (χ2n) is 3.38. The zero-order chi connectivity index (χ0) is 11.3. The Hall–Kier alpha value is -1.56. The molecule has 1 rings (SSSR count). The first kappa shape index (κ1) is 11.5. The van der Waals surface area contributed by atoms with E-state index in [4.69, 9.17) is 10.6 Å². The number of nitrogens with one attached hydrogen (secondary N) is 1. The fourth-order valence-corrected chi connectivity index (χ4v) is 1.16. The molecule has 15 heavy (non-hydrogen) atoms. The first-order valence-electron chi connectivity index (χ1n) is 4.76. The zero-order valence-electron chi connectivity index (χ0n) is 8.93. The van der Waals surface area contributed by atoms with Crippen LogP contribution in [0.25, 0.3) is 0 Å². The van der Waals surface area contributed by atoms with E-state index in [0.717, 1.165) is 0 Å². The van der Waals surface area contributed by atoms with E-state index < -0.39 is 0 Å². The van der Waals surface area contributed by atoms with Gasteiger partial charge in [0.1, 0.15) is 0 Å². The van der Waals surface area contributed by atoms with Crippen LogP contribution in [0.5, 0.6) is 5.75 Å². The summed E-state index contributed by atoms with van der Waals surface area (Å²) in [5.41, 5.74) is 2.08. The molecule has 0 saturated carbocycles. The standard InChI is InChI=1S/C9H16N4O2/c1-7(3-4-9(14)12-10)15-8-5-11-13(2)6-8/h5-7H,3-4,10H2,1-2H3,(H,12,14). The van der Waals surface area contributed by atoms with Crippen LogP contribution in [-0.2, 0) is 11.8 Å². The van der Waals surface area contributed by atoms with Gasteiger partial charge in [-0.3, -0.25) is 14.9 Å². The molecule has 0 bridgehead atoms. The molecule has 0 saturated heterocycles. The molecule has 1 heterocycles. The summed E-state index contributed by atoms with van der Waals surface area (Å²) >= 11 is 0. The van der Waals surface area contributed by atoms with Gasteiger partial charge in [0.2, 0.25) is 5.91 Å². The third-order valence-electron chi connectivity index (χ3n) is 1.96. The third kappa shape index (κ3) is 3.99. The topological polar surface area (TPSA) is 82.2 Å². The molecule has 0 aliphatic heterocycles. The molecule has 6 heteroatoms. The number of hydrazine groups is 1. The van der Waals surface area contributed by atoms with E-state index in [2.05, 4.69) is 10.5 Å². The van der Waals surface area contributed by atoms with Gasteiger partial charge in [-0.1, -0.05) is 0 Å². The van der Waals surface area contributed by atoms with E-state index >= 15 is 0 Å². The van der Waals surface area contributed by atoms with Crippen LogP contribution in [0.15, 0.2) is 12.4 Å². The van der Waals surface area contributed by atoms with Crippen LogP contribution in [0.2, 0.25) is 0 Å². The van der Waals surface area contributed by atoms with E-state index in [-0.39, 0.29) is 12.0 Å². The molecule has 1 unspecified atom stereocenters. The van der Waals surface area contributed by atoms with Gasteiger partial charge >= 0.3 is 0 Å². The molecule has 0 aromatic carbocycles. The van der Waals surface area contributed by atoms with Gasteiger partial charge in [0.05, 0.1) is 18.5 Å². The first-order chi connectivity index (χ1) is 7.11. The average molecular weight is 212 g/mol.